The van der Waals surface area contributed by atoms with Crippen molar-refractivity contribution in [3.63, 3.8) is 0 Å². The minimum atomic E-state index is -3.90. The average molecular weight is 492 g/mol. The monoisotopic (exact) mass is 491 g/mol. The van der Waals surface area contributed by atoms with Crippen molar-refractivity contribution >= 4 is 39.0 Å². The van der Waals surface area contributed by atoms with E-state index in [-0.39, 0.29) is 5.03 Å². The number of quaternary nitrogens is 1. The van der Waals surface area contributed by atoms with E-state index in [1.165, 1.54) is 24.0 Å². The fourth-order valence-corrected chi connectivity index (χ4v) is 5.89. The van der Waals surface area contributed by atoms with E-state index in [1.54, 1.807) is 6.20 Å². The molecule has 0 spiro atoms. The number of likely N-dealkylation sites (N-methyl/N-ethyl adjacent to an activating group) is 1. The molecule has 2 aliphatic heterocycles. The highest BCUT2D eigenvalue weighted by atomic mass is 32.2. The first-order chi connectivity index (χ1) is 15.7. The van der Waals surface area contributed by atoms with Crippen LogP contribution in [0.5, 0.6) is 0 Å². The lowest BCUT2D eigenvalue weighted by Gasteiger charge is -2.40. The van der Waals surface area contributed by atoms with E-state index < -0.39 is 28.0 Å². The minimum absolute atomic E-state index is 0.0496. The highest BCUT2D eigenvalue weighted by molar-refractivity contribution is 7.89. The first kappa shape index (κ1) is 23.5. The van der Waals surface area contributed by atoms with E-state index in [9.17, 15) is 13.2 Å². The summed E-state index contributed by atoms with van der Waals surface area (Å²) in [6.07, 6.45) is 16.1. The third kappa shape index (κ3) is 4.56. The summed E-state index contributed by atoms with van der Waals surface area (Å²) in [5, 5.41) is 3.78. The van der Waals surface area contributed by atoms with Gasteiger partial charge in [0.15, 0.2) is 5.03 Å². The lowest BCUT2D eigenvalue weighted by molar-refractivity contribution is -0.704. The molecule has 3 heterocycles. The van der Waals surface area contributed by atoms with Crippen molar-refractivity contribution in [2.75, 3.05) is 13.6 Å². The molecule has 1 fully saturated rings. The Labute approximate surface area is 198 Å². The number of nitrogens with one attached hydrogen (secondary N) is 2. The van der Waals surface area contributed by atoms with Crippen molar-refractivity contribution in [3.8, 4) is 0 Å². The van der Waals surface area contributed by atoms with Gasteiger partial charge in [-0.1, -0.05) is 31.5 Å². The largest absolute Gasteiger partial charge is 0.346 e. The Bertz CT molecular complexity index is 1190. The molecular formula is C21H27N6O4S2+. The predicted molar refractivity (Wildman–Crippen MR) is 126 cm³/mol. The Morgan fingerprint density at radius 1 is 1.30 bits per heavy atom. The normalized spacial score (nSPS) is 23.5. The van der Waals surface area contributed by atoms with Gasteiger partial charge in [0, 0.05) is 18.7 Å². The molecule has 176 valence electrons. The van der Waals surface area contributed by atoms with Gasteiger partial charge in [-0.2, -0.15) is 14.8 Å². The van der Waals surface area contributed by atoms with E-state index in [0.29, 0.717) is 9.47 Å². The maximum atomic E-state index is 12.3. The number of thiocarbonyl (C=S) groups is 1. The van der Waals surface area contributed by atoms with Crippen molar-refractivity contribution in [1.29, 1.82) is 0 Å². The second-order valence-corrected chi connectivity index (χ2v) is 10.6. The maximum absolute atomic E-state index is 12.3. The number of aliphatic imine (C=N–C) groups is 1. The average Bonchev–Trinajstić information content (AvgIpc) is 3.41. The number of hydrogen-bond acceptors (Lipinski definition) is 7. The van der Waals surface area contributed by atoms with Crippen LogP contribution in [0.3, 0.4) is 0 Å². The van der Waals surface area contributed by atoms with Gasteiger partial charge in [-0.15, -0.1) is 0 Å². The molecule has 33 heavy (non-hydrogen) atoms. The first-order valence-electron chi connectivity index (χ1n) is 10.7. The van der Waals surface area contributed by atoms with Crippen LogP contribution in [0.15, 0.2) is 58.6 Å². The lowest BCUT2D eigenvalue weighted by atomic mass is 9.68. The molecule has 0 radical (unpaired) electrons. The fourth-order valence-electron chi connectivity index (χ4n) is 4.43. The number of hydroxylamine groups is 1. The molecule has 1 unspecified atom stereocenters. The summed E-state index contributed by atoms with van der Waals surface area (Å²) in [6.45, 7) is -0.543. The van der Waals surface area contributed by atoms with Crippen LogP contribution >= 0.6 is 12.2 Å². The Hall–Kier alpha value is -2.67. The van der Waals surface area contributed by atoms with Crippen molar-refractivity contribution in [2.24, 2.45) is 17.5 Å². The zero-order valence-corrected chi connectivity index (χ0v) is 20.2. The van der Waals surface area contributed by atoms with Gasteiger partial charge >= 0.3 is 5.97 Å². The molecule has 2 N–H and O–H groups in total. The SMILES string of the molecule is Cn1nccc1S(=O)(=O)NCC(=O)ONC(=S)C1(C2=C[N+]3(C)C=CN=C3C=C2)CCCCC1. The molecule has 0 amide bonds. The summed E-state index contributed by atoms with van der Waals surface area (Å²) in [6, 6.07) is 1.34. The van der Waals surface area contributed by atoms with Crippen LogP contribution < -0.4 is 10.2 Å². The summed E-state index contributed by atoms with van der Waals surface area (Å²) in [5.74, 6) is 0.133. The number of aryl methyl sites for hydroxylation is 1. The highest BCUT2D eigenvalue weighted by Crippen LogP contribution is 2.46. The smallest absolute Gasteiger partial charge is 0.341 e. The van der Waals surface area contributed by atoms with Crippen LogP contribution in [0.2, 0.25) is 0 Å². The topological polar surface area (TPSA) is 115 Å². The van der Waals surface area contributed by atoms with Crippen molar-refractivity contribution in [2.45, 2.75) is 37.1 Å². The summed E-state index contributed by atoms with van der Waals surface area (Å²) in [5.41, 5.74) is 3.23. The summed E-state index contributed by atoms with van der Waals surface area (Å²) >= 11 is 5.71. The first-order valence-corrected chi connectivity index (χ1v) is 12.6. The molecule has 1 saturated carbocycles. The van der Waals surface area contributed by atoms with E-state index in [2.05, 4.69) is 26.5 Å². The number of rotatable bonds is 6. The van der Waals surface area contributed by atoms with Crippen LogP contribution in [0.25, 0.3) is 0 Å². The molecule has 3 aliphatic rings. The molecule has 0 saturated heterocycles. The Morgan fingerprint density at radius 2 is 2.06 bits per heavy atom. The Kier molecular flexibility index (Phi) is 6.36. The summed E-state index contributed by atoms with van der Waals surface area (Å²) in [7, 11) is -0.346. The van der Waals surface area contributed by atoms with Gasteiger partial charge in [0.05, 0.1) is 24.9 Å². The number of fused-ring (bicyclic) bond motifs is 1. The number of carbonyl (C=O) groups is 1. The molecule has 0 aromatic carbocycles. The standard InChI is InChI=1S/C21H26N6O4S2/c1-26-18(8-11-23-26)33(29,30)24-14-19(28)31-25-20(32)21(9-4-3-5-10-21)16-6-7-17-22-12-13-27(17,2)15-16/h6-8,11-13,15,24H,3-5,9-10,14H2,1-2H3/p+1. The van der Waals surface area contributed by atoms with Gasteiger partial charge in [-0.25, -0.2) is 23.2 Å². The second-order valence-electron chi connectivity index (χ2n) is 8.52. The zero-order chi connectivity index (χ0) is 23.7. The fraction of sp³-hybridized carbons (Fsp3) is 0.429. The van der Waals surface area contributed by atoms with Crippen molar-refractivity contribution in [1.82, 2.24) is 20.0 Å². The third-order valence-electron chi connectivity index (χ3n) is 6.31. The summed E-state index contributed by atoms with van der Waals surface area (Å²) in [4.78, 5) is 22.2. The second kappa shape index (κ2) is 8.93. The van der Waals surface area contributed by atoms with E-state index in [1.807, 2.05) is 25.4 Å². The van der Waals surface area contributed by atoms with E-state index in [4.69, 9.17) is 17.1 Å². The van der Waals surface area contributed by atoms with E-state index in [0.717, 1.165) is 43.5 Å². The number of hydrogen-bond donors (Lipinski definition) is 2. The van der Waals surface area contributed by atoms with Crippen LogP contribution in [-0.2, 0) is 26.7 Å². The number of carbonyl (C=O) groups excluding carboxylic acids is 1. The van der Waals surface area contributed by atoms with Gasteiger partial charge in [0.1, 0.15) is 23.9 Å². The number of nitrogens with zero attached hydrogens (tertiary/aromatic N) is 4. The summed E-state index contributed by atoms with van der Waals surface area (Å²) < 4.78 is 28.5. The molecular weight excluding hydrogens is 464 g/mol. The van der Waals surface area contributed by atoms with Gasteiger partial charge in [0.25, 0.3) is 10.0 Å². The molecule has 1 atom stereocenters. The van der Waals surface area contributed by atoms with Gasteiger partial charge in [-0.3, -0.25) is 4.68 Å². The zero-order valence-electron chi connectivity index (χ0n) is 18.5. The lowest BCUT2D eigenvalue weighted by Crippen LogP contribution is -2.46. The van der Waals surface area contributed by atoms with Crippen LogP contribution in [0.4, 0.5) is 0 Å². The number of amidine groups is 1. The number of sulfonamides is 1. The molecule has 1 aliphatic carbocycles. The van der Waals surface area contributed by atoms with Gasteiger partial charge in [-0.05, 0) is 25.0 Å². The quantitative estimate of drug-likeness (QED) is 0.354. The van der Waals surface area contributed by atoms with Crippen molar-refractivity contribution < 1.29 is 22.5 Å². The minimum Gasteiger partial charge on any atom is -0.341 e. The van der Waals surface area contributed by atoms with Crippen LogP contribution in [0, 0.1) is 5.41 Å². The Balaban J connectivity index is 1.42. The number of allylic oxidation sites excluding steroid dienone is 1. The molecule has 1 aromatic heterocycles. The molecule has 12 heteroatoms. The van der Waals surface area contributed by atoms with Gasteiger partial charge < -0.3 is 4.84 Å². The van der Waals surface area contributed by atoms with Crippen LogP contribution in [0.1, 0.15) is 32.1 Å². The predicted octanol–water partition coefficient (Wildman–Crippen LogP) is 1.81. The third-order valence-corrected chi connectivity index (χ3v) is 8.26. The number of aromatic nitrogens is 2. The molecule has 10 nitrogen and oxygen atoms in total. The maximum Gasteiger partial charge on any atom is 0.346 e. The Morgan fingerprint density at radius 3 is 2.76 bits per heavy atom. The highest BCUT2D eigenvalue weighted by Gasteiger charge is 2.44. The molecule has 1 aromatic rings. The van der Waals surface area contributed by atoms with Crippen LogP contribution in [-0.4, -0.2) is 53.1 Å². The van der Waals surface area contributed by atoms with Gasteiger partial charge in [0.2, 0.25) is 5.84 Å². The van der Waals surface area contributed by atoms with Crippen molar-refractivity contribution in [3.05, 3.63) is 48.6 Å². The molecule has 0 bridgehead atoms. The molecule has 4 rings (SSSR count). The van der Waals surface area contributed by atoms with E-state index >= 15 is 0 Å².